The topological polar surface area (TPSA) is 81.9 Å². The molecule has 5 rings (SSSR count). The smallest absolute Gasteiger partial charge is 0.168 e. The molecule has 3 aromatic heterocycles. The summed E-state index contributed by atoms with van der Waals surface area (Å²) in [5.41, 5.74) is 4.76. The zero-order valence-electron chi connectivity index (χ0n) is 15.4. The largest absolute Gasteiger partial charge is 0.364 e. The van der Waals surface area contributed by atoms with E-state index in [4.69, 9.17) is 4.74 Å². The van der Waals surface area contributed by atoms with Crippen LogP contribution in [0.4, 0.5) is 11.5 Å². The van der Waals surface area contributed by atoms with Gasteiger partial charge in [-0.25, -0.2) is 24.9 Å². The lowest BCUT2D eigenvalue weighted by Gasteiger charge is -2.30. The Hall–Kier alpha value is -3.04. The van der Waals surface area contributed by atoms with Gasteiger partial charge < -0.3 is 9.30 Å². The molecule has 0 fully saturated rings. The van der Waals surface area contributed by atoms with Crippen LogP contribution in [0.3, 0.4) is 0 Å². The standard InChI is InChI=1S/C19H17N7OS/c1-12-16-17(23-9-22-12)25(10-24-16)8-13-3-4-15-14(7-13)26(11-27-2)18-19(28-15)21-6-5-20-18/h3-7,9-10H,8,11H2,1-2H3. The maximum absolute atomic E-state index is 5.43. The van der Waals surface area contributed by atoms with Crippen molar-refractivity contribution in [2.45, 2.75) is 23.4 Å². The Morgan fingerprint density at radius 2 is 1.96 bits per heavy atom. The van der Waals surface area contributed by atoms with Crippen molar-refractivity contribution in [2.75, 3.05) is 18.7 Å². The molecule has 0 aliphatic carbocycles. The molecule has 28 heavy (non-hydrogen) atoms. The molecule has 0 radical (unpaired) electrons. The second-order valence-corrected chi connectivity index (χ2v) is 7.47. The molecule has 0 atom stereocenters. The summed E-state index contributed by atoms with van der Waals surface area (Å²) in [7, 11) is 1.68. The summed E-state index contributed by atoms with van der Waals surface area (Å²) in [5, 5.41) is 0.882. The second kappa shape index (κ2) is 6.84. The molecule has 8 nitrogen and oxygen atoms in total. The van der Waals surface area contributed by atoms with Crippen molar-refractivity contribution in [1.29, 1.82) is 0 Å². The van der Waals surface area contributed by atoms with Gasteiger partial charge in [0.25, 0.3) is 0 Å². The third kappa shape index (κ3) is 2.79. The quantitative estimate of drug-likeness (QED) is 0.525. The van der Waals surface area contributed by atoms with Crippen molar-refractivity contribution in [3.63, 3.8) is 0 Å². The van der Waals surface area contributed by atoms with Crippen LogP contribution in [0.5, 0.6) is 0 Å². The highest BCUT2D eigenvalue weighted by Crippen LogP contribution is 2.46. The van der Waals surface area contributed by atoms with E-state index in [0.29, 0.717) is 13.3 Å². The Bertz CT molecular complexity index is 1180. The molecule has 140 valence electrons. The van der Waals surface area contributed by atoms with Gasteiger partial charge in [-0.3, -0.25) is 4.90 Å². The summed E-state index contributed by atoms with van der Waals surface area (Å²) < 4.78 is 7.47. The van der Waals surface area contributed by atoms with Gasteiger partial charge in [-0.2, -0.15) is 0 Å². The Morgan fingerprint density at radius 1 is 1.07 bits per heavy atom. The van der Waals surface area contributed by atoms with E-state index >= 15 is 0 Å². The minimum atomic E-state index is 0.406. The Morgan fingerprint density at radius 3 is 2.86 bits per heavy atom. The van der Waals surface area contributed by atoms with Crippen molar-refractivity contribution in [3.8, 4) is 0 Å². The second-order valence-electron chi connectivity index (χ2n) is 6.44. The minimum absolute atomic E-state index is 0.406. The maximum atomic E-state index is 5.43. The maximum Gasteiger partial charge on any atom is 0.168 e. The number of rotatable bonds is 4. The molecule has 0 saturated carbocycles. The van der Waals surface area contributed by atoms with Crippen molar-refractivity contribution in [2.24, 2.45) is 0 Å². The Balaban J connectivity index is 1.54. The fourth-order valence-electron chi connectivity index (χ4n) is 3.32. The summed E-state index contributed by atoms with van der Waals surface area (Å²) in [6, 6.07) is 6.41. The number of aromatic nitrogens is 6. The predicted octanol–water partition coefficient (Wildman–Crippen LogP) is 3.18. The first-order valence-corrected chi connectivity index (χ1v) is 9.57. The molecule has 0 spiro atoms. The highest BCUT2D eigenvalue weighted by molar-refractivity contribution is 7.99. The first-order valence-electron chi connectivity index (χ1n) is 8.75. The first kappa shape index (κ1) is 17.1. The van der Waals surface area contributed by atoms with Crippen LogP contribution in [0, 0.1) is 6.92 Å². The van der Waals surface area contributed by atoms with Gasteiger partial charge in [0.2, 0.25) is 0 Å². The van der Waals surface area contributed by atoms with Crippen molar-refractivity contribution < 1.29 is 4.74 Å². The molecule has 0 N–H and O–H groups in total. The molecule has 0 bridgehead atoms. The average molecular weight is 391 g/mol. The van der Waals surface area contributed by atoms with Crippen LogP contribution in [0.25, 0.3) is 11.2 Å². The fraction of sp³-hybridized carbons (Fsp3) is 0.211. The Kier molecular flexibility index (Phi) is 4.18. The van der Waals surface area contributed by atoms with Crippen molar-refractivity contribution in [3.05, 3.63) is 54.5 Å². The van der Waals surface area contributed by atoms with Crippen LogP contribution in [0.15, 0.2) is 53.2 Å². The van der Waals surface area contributed by atoms with E-state index in [1.54, 1.807) is 37.6 Å². The van der Waals surface area contributed by atoms with Crippen LogP contribution in [0.1, 0.15) is 11.3 Å². The third-order valence-electron chi connectivity index (χ3n) is 4.62. The van der Waals surface area contributed by atoms with Crippen molar-refractivity contribution in [1.82, 2.24) is 29.5 Å². The number of fused-ring (bicyclic) bond motifs is 3. The zero-order valence-corrected chi connectivity index (χ0v) is 16.2. The highest BCUT2D eigenvalue weighted by atomic mass is 32.2. The number of benzene rings is 1. The molecule has 4 heterocycles. The lowest BCUT2D eigenvalue weighted by molar-refractivity contribution is 0.204. The van der Waals surface area contributed by atoms with Gasteiger partial charge in [0, 0.05) is 24.4 Å². The lowest BCUT2D eigenvalue weighted by atomic mass is 10.2. The first-order chi connectivity index (χ1) is 13.7. The molecule has 0 amide bonds. The number of methoxy groups -OCH3 is 1. The summed E-state index contributed by atoms with van der Waals surface area (Å²) >= 11 is 1.62. The molecule has 0 unspecified atom stereocenters. The molecular weight excluding hydrogens is 374 g/mol. The number of ether oxygens (including phenoxy) is 1. The minimum Gasteiger partial charge on any atom is -0.364 e. The molecule has 4 aromatic rings. The van der Waals surface area contributed by atoms with E-state index in [-0.39, 0.29) is 0 Å². The molecule has 1 aliphatic heterocycles. The Labute approximate surface area is 165 Å². The highest BCUT2D eigenvalue weighted by Gasteiger charge is 2.25. The number of aryl methyl sites for hydroxylation is 1. The van der Waals surface area contributed by atoms with E-state index in [9.17, 15) is 0 Å². The van der Waals surface area contributed by atoms with Gasteiger partial charge in [-0.15, -0.1) is 0 Å². The number of hydrogen-bond donors (Lipinski definition) is 0. The number of hydrogen-bond acceptors (Lipinski definition) is 8. The monoisotopic (exact) mass is 391 g/mol. The van der Waals surface area contributed by atoms with E-state index in [1.165, 1.54) is 0 Å². The summed E-state index contributed by atoms with van der Waals surface area (Å²) in [6.07, 6.45) is 6.81. The van der Waals surface area contributed by atoms with Gasteiger partial charge in [-0.1, -0.05) is 17.8 Å². The van der Waals surface area contributed by atoms with Crippen molar-refractivity contribution >= 4 is 34.4 Å². The normalized spacial score (nSPS) is 12.9. The number of anilines is 2. The van der Waals surface area contributed by atoms with Gasteiger partial charge in [-0.05, 0) is 24.6 Å². The van der Waals surface area contributed by atoms with Gasteiger partial charge in [0.05, 0.1) is 24.3 Å². The predicted molar refractivity (Wildman–Crippen MR) is 106 cm³/mol. The molecule has 1 aliphatic rings. The number of imidazole rings is 1. The summed E-state index contributed by atoms with van der Waals surface area (Å²) in [4.78, 5) is 25.2. The average Bonchev–Trinajstić information content (AvgIpc) is 3.12. The third-order valence-corrected chi connectivity index (χ3v) is 5.66. The van der Waals surface area contributed by atoms with Crippen LogP contribution < -0.4 is 4.90 Å². The zero-order chi connectivity index (χ0) is 19.1. The molecule has 1 aromatic carbocycles. The molecule has 0 saturated heterocycles. The van der Waals surface area contributed by atoms with Crippen LogP contribution in [0.2, 0.25) is 0 Å². The lowest BCUT2D eigenvalue weighted by Crippen LogP contribution is -2.24. The van der Waals surface area contributed by atoms with Crippen LogP contribution in [-0.2, 0) is 11.3 Å². The van der Waals surface area contributed by atoms with E-state index < -0.39 is 0 Å². The van der Waals surface area contributed by atoms with E-state index in [1.807, 2.05) is 17.8 Å². The molecule has 9 heteroatoms. The SMILES string of the molecule is COCN1c2cc(Cn3cnc4c(C)ncnc43)ccc2Sc2nccnc21. The summed E-state index contributed by atoms with van der Waals surface area (Å²) in [5.74, 6) is 0.815. The van der Waals surface area contributed by atoms with E-state index in [0.717, 1.165) is 43.8 Å². The fourth-order valence-corrected chi connectivity index (χ4v) is 4.31. The van der Waals surface area contributed by atoms with E-state index in [2.05, 4.69) is 48.0 Å². The van der Waals surface area contributed by atoms with Crippen LogP contribution >= 0.6 is 11.8 Å². The van der Waals surface area contributed by atoms with Crippen LogP contribution in [-0.4, -0.2) is 43.3 Å². The summed E-state index contributed by atoms with van der Waals surface area (Å²) in [6.45, 7) is 3.01. The molecular formula is C19H17N7OS. The van der Waals surface area contributed by atoms with Gasteiger partial charge in [0.1, 0.15) is 23.6 Å². The van der Waals surface area contributed by atoms with Gasteiger partial charge in [0.15, 0.2) is 11.5 Å². The number of nitrogens with zero attached hydrogens (tertiary/aromatic N) is 7. The van der Waals surface area contributed by atoms with Gasteiger partial charge >= 0.3 is 0 Å².